The molecular weight excluding hydrogens is 344 g/mol. The van der Waals surface area contributed by atoms with E-state index >= 15 is 0 Å². The first-order valence-electron chi connectivity index (χ1n) is 10.2. The Morgan fingerprint density at radius 3 is 2.54 bits per heavy atom. The number of nitrogens with one attached hydrogen (secondary N) is 2. The van der Waals surface area contributed by atoms with Gasteiger partial charge in [-0.3, -0.25) is 9.89 Å². The largest absolute Gasteiger partial charge is 0.355 e. The van der Waals surface area contributed by atoms with Crippen molar-refractivity contribution in [1.29, 1.82) is 0 Å². The van der Waals surface area contributed by atoms with Crippen molar-refractivity contribution >= 4 is 18.1 Å². The first-order valence-corrected chi connectivity index (χ1v) is 10.6. The molecule has 6 rings (SSSR count). The molecule has 142 valence electrons. The number of aromatic nitrogens is 3. The van der Waals surface area contributed by atoms with E-state index < -0.39 is 0 Å². The third-order valence-electron chi connectivity index (χ3n) is 7.43. The Bertz CT molecular complexity index is 789. The molecule has 1 aromatic heterocycles. The van der Waals surface area contributed by atoms with E-state index in [2.05, 4.69) is 33.9 Å². The molecule has 1 amide bonds. The number of carbonyl (C=O) groups is 1. The summed E-state index contributed by atoms with van der Waals surface area (Å²) in [5.74, 6) is 2.03. The summed E-state index contributed by atoms with van der Waals surface area (Å²) < 4.78 is 2.87. The van der Waals surface area contributed by atoms with Crippen LogP contribution in [-0.2, 0) is 11.2 Å². The standard InChI is InChI=1S/C20H30N4OS/c1-18-7-13-8-19(2,10-18)12-20(9-13,11-18)16(25)21-6-5-15-22-23-17(26)24(15)14-3-4-14/h13-14H,3-12H2,1-2H3,(H,21,25)(H,23,26). The highest BCUT2D eigenvalue weighted by molar-refractivity contribution is 7.71. The minimum Gasteiger partial charge on any atom is -0.355 e. The van der Waals surface area contributed by atoms with Crippen molar-refractivity contribution < 1.29 is 4.79 Å². The molecule has 2 N–H and O–H groups in total. The highest BCUT2D eigenvalue weighted by atomic mass is 32.1. The van der Waals surface area contributed by atoms with Gasteiger partial charge in [0.15, 0.2) is 4.77 Å². The molecule has 5 fully saturated rings. The molecule has 0 aromatic carbocycles. The van der Waals surface area contributed by atoms with Gasteiger partial charge in [-0.25, -0.2) is 0 Å². The summed E-state index contributed by atoms with van der Waals surface area (Å²) >= 11 is 5.35. The number of nitrogens with zero attached hydrogens (tertiary/aromatic N) is 2. The fourth-order valence-electron chi connectivity index (χ4n) is 7.40. The molecule has 2 atom stereocenters. The van der Waals surface area contributed by atoms with Gasteiger partial charge in [0.2, 0.25) is 5.91 Å². The van der Waals surface area contributed by atoms with Crippen LogP contribution >= 0.6 is 12.2 Å². The Kier molecular flexibility index (Phi) is 3.54. The number of aromatic amines is 1. The van der Waals surface area contributed by atoms with Gasteiger partial charge < -0.3 is 9.88 Å². The van der Waals surface area contributed by atoms with Crippen molar-refractivity contribution in [1.82, 2.24) is 20.1 Å². The molecule has 0 saturated heterocycles. The molecule has 5 aliphatic rings. The Balaban J connectivity index is 1.27. The Labute approximate surface area is 160 Å². The minimum absolute atomic E-state index is 0.121. The van der Waals surface area contributed by atoms with E-state index in [1.54, 1.807) is 0 Å². The van der Waals surface area contributed by atoms with Crippen molar-refractivity contribution in [2.24, 2.45) is 22.2 Å². The number of hydrogen-bond acceptors (Lipinski definition) is 3. The monoisotopic (exact) mass is 374 g/mol. The Morgan fingerprint density at radius 2 is 1.92 bits per heavy atom. The molecule has 6 heteroatoms. The molecule has 5 aliphatic carbocycles. The molecule has 0 aliphatic heterocycles. The fraction of sp³-hybridized carbons (Fsp3) is 0.850. The van der Waals surface area contributed by atoms with Crippen LogP contribution in [0.4, 0.5) is 0 Å². The zero-order valence-corrected chi connectivity index (χ0v) is 16.8. The topological polar surface area (TPSA) is 62.7 Å². The molecule has 4 bridgehead atoms. The lowest BCUT2D eigenvalue weighted by molar-refractivity contribution is -0.170. The van der Waals surface area contributed by atoms with Gasteiger partial charge in [0.25, 0.3) is 0 Å². The van der Waals surface area contributed by atoms with Crippen LogP contribution in [0.15, 0.2) is 0 Å². The predicted molar refractivity (Wildman–Crippen MR) is 102 cm³/mol. The van der Waals surface area contributed by atoms with Crippen LogP contribution < -0.4 is 5.32 Å². The molecule has 5 nitrogen and oxygen atoms in total. The zero-order chi connectivity index (χ0) is 18.2. The van der Waals surface area contributed by atoms with Gasteiger partial charge in [-0.05, 0) is 80.3 Å². The van der Waals surface area contributed by atoms with E-state index in [1.165, 1.54) is 32.1 Å². The first kappa shape index (κ1) is 17.0. The van der Waals surface area contributed by atoms with Crippen LogP contribution in [0.3, 0.4) is 0 Å². The number of rotatable bonds is 5. The summed E-state index contributed by atoms with van der Waals surface area (Å²) in [5, 5.41) is 10.6. The molecule has 5 saturated carbocycles. The molecule has 0 spiro atoms. The summed E-state index contributed by atoms with van der Waals surface area (Å²) in [4.78, 5) is 13.2. The summed E-state index contributed by atoms with van der Waals surface area (Å²) in [5.41, 5.74) is 0.629. The fourth-order valence-corrected chi connectivity index (χ4v) is 7.70. The first-order chi connectivity index (χ1) is 12.3. The maximum Gasteiger partial charge on any atom is 0.226 e. The van der Waals surface area contributed by atoms with E-state index in [1.807, 2.05) is 0 Å². The van der Waals surface area contributed by atoms with Crippen molar-refractivity contribution in [3.63, 3.8) is 0 Å². The van der Waals surface area contributed by atoms with Crippen molar-refractivity contribution in [2.75, 3.05) is 6.54 Å². The second-order valence-electron chi connectivity index (χ2n) is 10.5. The van der Waals surface area contributed by atoms with E-state index in [0.29, 0.717) is 29.3 Å². The summed E-state index contributed by atoms with van der Waals surface area (Å²) in [6.07, 6.45) is 10.4. The van der Waals surface area contributed by atoms with Gasteiger partial charge in [-0.2, -0.15) is 5.10 Å². The summed E-state index contributed by atoms with van der Waals surface area (Å²) in [6, 6.07) is 0.523. The highest BCUT2D eigenvalue weighted by Gasteiger charge is 2.62. The van der Waals surface area contributed by atoms with Crippen molar-refractivity contribution in [3.05, 3.63) is 10.6 Å². The van der Waals surface area contributed by atoms with Crippen LogP contribution in [0.2, 0.25) is 0 Å². The zero-order valence-electron chi connectivity index (χ0n) is 15.9. The Morgan fingerprint density at radius 1 is 1.23 bits per heavy atom. The smallest absolute Gasteiger partial charge is 0.226 e. The molecule has 1 heterocycles. The lowest BCUT2D eigenvalue weighted by Crippen LogP contribution is -2.60. The molecular formula is C20H30N4OS. The van der Waals surface area contributed by atoms with Gasteiger partial charge in [0, 0.05) is 19.0 Å². The number of amides is 1. The Hall–Kier alpha value is -1.17. The van der Waals surface area contributed by atoms with Crippen LogP contribution in [0.25, 0.3) is 0 Å². The lowest BCUT2D eigenvalue weighted by Gasteiger charge is -2.64. The molecule has 1 aromatic rings. The third-order valence-corrected chi connectivity index (χ3v) is 7.72. The second kappa shape index (κ2) is 5.43. The van der Waals surface area contributed by atoms with Crippen molar-refractivity contribution in [2.45, 2.75) is 77.7 Å². The molecule has 0 radical (unpaired) electrons. The number of H-pyrrole nitrogens is 1. The lowest BCUT2D eigenvalue weighted by atomic mass is 9.40. The summed E-state index contributed by atoms with van der Waals surface area (Å²) in [7, 11) is 0. The average Bonchev–Trinajstić information content (AvgIpc) is 3.27. The van der Waals surface area contributed by atoms with Crippen LogP contribution in [0, 0.1) is 26.9 Å². The predicted octanol–water partition coefficient (Wildman–Crippen LogP) is 3.93. The van der Waals surface area contributed by atoms with Crippen molar-refractivity contribution in [3.8, 4) is 0 Å². The maximum absolute atomic E-state index is 13.2. The summed E-state index contributed by atoms with van der Waals surface area (Å²) in [6.45, 7) is 5.50. The number of carbonyl (C=O) groups excluding carboxylic acids is 1. The quantitative estimate of drug-likeness (QED) is 0.768. The van der Waals surface area contributed by atoms with Gasteiger partial charge >= 0.3 is 0 Å². The molecule has 2 unspecified atom stereocenters. The minimum atomic E-state index is -0.121. The average molecular weight is 375 g/mol. The van der Waals surface area contributed by atoms with Gasteiger partial charge in [-0.15, -0.1) is 0 Å². The van der Waals surface area contributed by atoms with Gasteiger partial charge in [-0.1, -0.05) is 13.8 Å². The van der Waals surface area contributed by atoms with E-state index in [0.717, 1.165) is 42.2 Å². The van der Waals surface area contributed by atoms with E-state index in [9.17, 15) is 4.79 Å². The normalized spacial score (nSPS) is 40.8. The van der Waals surface area contributed by atoms with Crippen LogP contribution in [0.5, 0.6) is 0 Å². The SMILES string of the molecule is CC12CC3CC(C)(C1)CC(C(=O)NCCc1n[nH]c(=S)n1C1CC1)(C3)C2. The van der Waals surface area contributed by atoms with Gasteiger partial charge in [0.05, 0.1) is 5.41 Å². The number of hydrogen-bond donors (Lipinski definition) is 2. The highest BCUT2D eigenvalue weighted by Crippen LogP contribution is 2.69. The van der Waals surface area contributed by atoms with E-state index in [-0.39, 0.29) is 5.41 Å². The maximum atomic E-state index is 13.2. The van der Waals surface area contributed by atoms with Crippen LogP contribution in [-0.4, -0.2) is 27.2 Å². The molecule has 26 heavy (non-hydrogen) atoms. The third kappa shape index (κ3) is 2.67. The van der Waals surface area contributed by atoms with Crippen LogP contribution in [0.1, 0.15) is 77.1 Å². The van der Waals surface area contributed by atoms with Gasteiger partial charge in [0.1, 0.15) is 5.82 Å². The van der Waals surface area contributed by atoms with E-state index in [4.69, 9.17) is 12.2 Å². The second-order valence-corrected chi connectivity index (χ2v) is 10.8.